The first-order chi connectivity index (χ1) is 14.3. The van der Waals surface area contributed by atoms with E-state index in [0.717, 1.165) is 48.3 Å². The lowest BCUT2D eigenvalue weighted by molar-refractivity contribution is -0.137. The van der Waals surface area contributed by atoms with Gasteiger partial charge in [0.05, 0.1) is 29.1 Å². The van der Waals surface area contributed by atoms with E-state index in [0.29, 0.717) is 17.6 Å². The second-order valence-corrected chi connectivity index (χ2v) is 8.16. The van der Waals surface area contributed by atoms with Crippen LogP contribution in [0, 0.1) is 0 Å². The molecule has 1 saturated carbocycles. The number of hydrogen-bond donors (Lipinski definition) is 1. The number of amides is 1. The minimum Gasteiger partial charge on any atom is -0.467 e. The van der Waals surface area contributed by atoms with Gasteiger partial charge in [-0.25, -0.2) is 0 Å². The summed E-state index contributed by atoms with van der Waals surface area (Å²) in [7, 11) is 0. The molecule has 2 aromatic heterocycles. The summed E-state index contributed by atoms with van der Waals surface area (Å²) in [5.41, 5.74) is -0.977. The normalized spacial score (nSPS) is 14.1. The zero-order valence-electron chi connectivity index (χ0n) is 15.4. The van der Waals surface area contributed by atoms with Crippen LogP contribution >= 0.6 is 23.4 Å². The second-order valence-electron chi connectivity index (χ2n) is 6.81. The van der Waals surface area contributed by atoms with Gasteiger partial charge in [0, 0.05) is 11.6 Å². The molecule has 0 radical (unpaired) electrons. The third-order valence-corrected chi connectivity index (χ3v) is 5.77. The molecule has 1 aliphatic carbocycles. The SMILES string of the molecule is O=C(CSc1nnc(C2CC2)n1Cc1ccco1)Nc1ccc(Cl)c(C(F)(F)F)c1. The summed E-state index contributed by atoms with van der Waals surface area (Å²) in [5, 5.41) is 11.0. The van der Waals surface area contributed by atoms with Crippen molar-refractivity contribution in [2.75, 3.05) is 11.1 Å². The summed E-state index contributed by atoms with van der Waals surface area (Å²) in [5.74, 6) is 1.44. The minimum atomic E-state index is -4.60. The fourth-order valence-corrected chi connectivity index (χ4v) is 3.87. The summed E-state index contributed by atoms with van der Waals surface area (Å²) >= 11 is 6.77. The molecule has 11 heteroatoms. The number of hydrogen-bond acceptors (Lipinski definition) is 5. The largest absolute Gasteiger partial charge is 0.467 e. The number of alkyl halides is 3. The van der Waals surface area contributed by atoms with Crippen molar-refractivity contribution in [2.24, 2.45) is 0 Å². The lowest BCUT2D eigenvalue weighted by atomic mass is 10.2. The van der Waals surface area contributed by atoms with Crippen LogP contribution in [-0.2, 0) is 17.5 Å². The average Bonchev–Trinajstić information content (AvgIpc) is 3.25. The number of carbonyl (C=O) groups excluding carboxylic acids is 1. The van der Waals surface area contributed by atoms with Gasteiger partial charge in [0.25, 0.3) is 0 Å². The minimum absolute atomic E-state index is 0.0213. The fourth-order valence-electron chi connectivity index (χ4n) is 2.90. The molecule has 0 bridgehead atoms. The molecular formula is C19H16ClF3N4O2S. The van der Waals surface area contributed by atoms with Gasteiger partial charge in [0.2, 0.25) is 5.91 Å². The predicted molar refractivity (Wildman–Crippen MR) is 106 cm³/mol. The molecule has 0 aliphatic heterocycles. The third-order valence-electron chi connectivity index (χ3n) is 4.47. The maximum Gasteiger partial charge on any atom is 0.417 e. The Morgan fingerprint density at radius 3 is 2.77 bits per heavy atom. The van der Waals surface area contributed by atoms with Crippen LogP contribution in [-0.4, -0.2) is 26.4 Å². The van der Waals surface area contributed by atoms with Crippen molar-refractivity contribution in [1.29, 1.82) is 0 Å². The van der Waals surface area contributed by atoms with Crippen LogP contribution in [0.3, 0.4) is 0 Å². The first-order valence-electron chi connectivity index (χ1n) is 9.06. The first kappa shape index (κ1) is 20.8. The van der Waals surface area contributed by atoms with E-state index in [1.165, 1.54) is 6.07 Å². The van der Waals surface area contributed by atoms with E-state index in [2.05, 4.69) is 15.5 Å². The average molecular weight is 457 g/mol. The molecule has 0 unspecified atom stereocenters. The van der Waals surface area contributed by atoms with Gasteiger partial charge in [-0.3, -0.25) is 9.36 Å². The van der Waals surface area contributed by atoms with Gasteiger partial charge in [-0.15, -0.1) is 10.2 Å². The molecule has 0 spiro atoms. The van der Waals surface area contributed by atoms with Crippen LogP contribution < -0.4 is 5.32 Å². The summed E-state index contributed by atoms with van der Waals surface area (Å²) in [6.45, 7) is 0.446. The van der Waals surface area contributed by atoms with Gasteiger partial charge in [0.1, 0.15) is 11.6 Å². The zero-order valence-corrected chi connectivity index (χ0v) is 17.0. The van der Waals surface area contributed by atoms with E-state index in [4.69, 9.17) is 16.0 Å². The first-order valence-corrected chi connectivity index (χ1v) is 10.4. The summed E-state index contributed by atoms with van der Waals surface area (Å²) < 4.78 is 46.3. The maximum atomic E-state index is 13.0. The lowest BCUT2D eigenvalue weighted by Gasteiger charge is -2.12. The van der Waals surface area contributed by atoms with Gasteiger partial charge in [-0.2, -0.15) is 13.2 Å². The Morgan fingerprint density at radius 1 is 1.30 bits per heavy atom. The van der Waals surface area contributed by atoms with Crippen molar-refractivity contribution in [3.8, 4) is 0 Å². The van der Waals surface area contributed by atoms with E-state index in [1.54, 1.807) is 12.3 Å². The van der Waals surface area contributed by atoms with Gasteiger partial charge >= 0.3 is 6.18 Å². The molecule has 3 aromatic rings. The number of anilines is 1. The lowest BCUT2D eigenvalue weighted by Crippen LogP contribution is -2.16. The summed E-state index contributed by atoms with van der Waals surface area (Å²) in [6.07, 6.45) is -0.939. The molecule has 0 atom stereocenters. The molecule has 6 nitrogen and oxygen atoms in total. The number of benzene rings is 1. The van der Waals surface area contributed by atoms with Crippen LogP contribution in [0.25, 0.3) is 0 Å². The third kappa shape index (κ3) is 4.81. The highest BCUT2D eigenvalue weighted by atomic mass is 35.5. The Kier molecular flexibility index (Phi) is 5.79. The number of halogens is 4. The van der Waals surface area contributed by atoms with E-state index in [-0.39, 0.29) is 11.4 Å². The van der Waals surface area contributed by atoms with E-state index in [1.807, 2.05) is 10.6 Å². The van der Waals surface area contributed by atoms with Crippen LogP contribution in [0.5, 0.6) is 0 Å². The number of rotatable bonds is 7. The molecule has 4 rings (SSSR count). The van der Waals surface area contributed by atoms with Crippen LogP contribution in [0.4, 0.5) is 18.9 Å². The number of nitrogens with zero attached hydrogens (tertiary/aromatic N) is 3. The van der Waals surface area contributed by atoms with Gasteiger partial charge in [-0.1, -0.05) is 23.4 Å². The number of furan rings is 1. The van der Waals surface area contributed by atoms with Crippen molar-refractivity contribution < 1.29 is 22.4 Å². The maximum absolute atomic E-state index is 13.0. The molecule has 30 heavy (non-hydrogen) atoms. The summed E-state index contributed by atoms with van der Waals surface area (Å²) in [6, 6.07) is 6.88. The number of thioether (sulfide) groups is 1. The molecule has 0 saturated heterocycles. The van der Waals surface area contributed by atoms with Crippen molar-refractivity contribution in [3.63, 3.8) is 0 Å². The number of aromatic nitrogens is 3. The van der Waals surface area contributed by atoms with E-state index >= 15 is 0 Å². The van der Waals surface area contributed by atoms with E-state index in [9.17, 15) is 18.0 Å². The Bertz CT molecular complexity index is 1050. The van der Waals surface area contributed by atoms with Crippen LogP contribution in [0.1, 0.15) is 35.9 Å². The highest BCUT2D eigenvalue weighted by molar-refractivity contribution is 7.99. The molecule has 1 aliphatic rings. The molecular weight excluding hydrogens is 441 g/mol. The van der Waals surface area contributed by atoms with Crippen molar-refractivity contribution in [1.82, 2.24) is 14.8 Å². The fraction of sp³-hybridized carbons (Fsp3) is 0.316. The standard InChI is InChI=1S/C19H16ClF3N4O2S/c20-15-6-5-12(8-14(15)19(21,22)23)24-16(28)10-30-18-26-25-17(11-3-4-11)27(18)9-13-2-1-7-29-13/h1-2,5-8,11H,3-4,9-10H2,(H,24,28). The van der Waals surface area contributed by atoms with Gasteiger partial charge in [0.15, 0.2) is 5.16 Å². The zero-order chi connectivity index (χ0) is 21.3. The molecule has 1 fully saturated rings. The topological polar surface area (TPSA) is 73.0 Å². The molecule has 1 aromatic carbocycles. The Balaban J connectivity index is 1.43. The summed E-state index contributed by atoms with van der Waals surface area (Å²) in [4.78, 5) is 12.3. The van der Waals surface area contributed by atoms with Crippen molar-refractivity contribution >= 4 is 35.0 Å². The van der Waals surface area contributed by atoms with E-state index < -0.39 is 22.7 Å². The Hall–Kier alpha value is -2.46. The smallest absolute Gasteiger partial charge is 0.417 e. The highest BCUT2D eigenvalue weighted by Gasteiger charge is 2.33. The predicted octanol–water partition coefficient (Wildman–Crippen LogP) is 5.20. The van der Waals surface area contributed by atoms with Crippen molar-refractivity contribution in [2.45, 2.75) is 36.6 Å². The van der Waals surface area contributed by atoms with Crippen LogP contribution in [0.2, 0.25) is 5.02 Å². The Labute approximate surface area is 178 Å². The number of nitrogens with one attached hydrogen (secondary N) is 1. The second kappa shape index (κ2) is 8.35. The van der Waals surface area contributed by atoms with Crippen molar-refractivity contribution in [3.05, 3.63) is 58.8 Å². The van der Waals surface area contributed by atoms with Gasteiger partial charge < -0.3 is 9.73 Å². The van der Waals surface area contributed by atoms with Crippen LogP contribution in [0.15, 0.2) is 46.2 Å². The quantitative estimate of drug-likeness (QED) is 0.495. The molecule has 158 valence electrons. The monoisotopic (exact) mass is 456 g/mol. The van der Waals surface area contributed by atoms with Gasteiger partial charge in [-0.05, 0) is 43.2 Å². The molecule has 1 N–H and O–H groups in total. The highest BCUT2D eigenvalue weighted by Crippen LogP contribution is 2.40. The molecule has 1 amide bonds. The Morgan fingerprint density at radius 2 is 2.10 bits per heavy atom. The molecule has 2 heterocycles. The number of carbonyl (C=O) groups is 1.